The molecule has 0 atom stereocenters. The van der Waals surface area contributed by atoms with Crippen molar-refractivity contribution in [2.24, 2.45) is 0 Å². The number of hydrogen-bond acceptors (Lipinski definition) is 1. The predicted molar refractivity (Wildman–Crippen MR) is 23.9 cm³/mol. The quantitative estimate of drug-likeness (QED) is 0.522. The monoisotopic (exact) mass is 128 g/mol. The molecule has 0 aliphatic carbocycles. The minimum atomic E-state index is -2.24. The van der Waals surface area contributed by atoms with Crippen LogP contribution in [0.15, 0.2) is 11.2 Å². The van der Waals surface area contributed by atoms with Gasteiger partial charge in [0.15, 0.2) is 0 Å². The average Bonchev–Trinajstić information content (AvgIpc) is 1.65. The Labute approximate surface area is 43.4 Å². The smallest absolute Gasteiger partial charge is 0.193 e. The summed E-state index contributed by atoms with van der Waals surface area (Å²) in [6.07, 6.45) is -0.999. The molecule has 0 aromatic carbocycles. The lowest BCUT2D eigenvalue weighted by atomic mass is 11.1. The standard InChI is InChI=1S/C3H3F3S/c1-7-3(6)2(4)5/h1H3. The Hall–Kier alpha value is -0.120. The van der Waals surface area contributed by atoms with Gasteiger partial charge in [0, 0.05) is 0 Å². The van der Waals surface area contributed by atoms with Gasteiger partial charge in [-0.3, -0.25) is 0 Å². The van der Waals surface area contributed by atoms with Crippen LogP contribution in [0, 0.1) is 0 Å². The summed E-state index contributed by atoms with van der Waals surface area (Å²) in [5, 5.41) is -1.40. The fourth-order valence-electron chi connectivity index (χ4n) is 0.0772. The zero-order chi connectivity index (χ0) is 5.86. The zero-order valence-corrected chi connectivity index (χ0v) is 4.36. The van der Waals surface area contributed by atoms with Crippen molar-refractivity contribution in [3.05, 3.63) is 11.2 Å². The third-order valence-electron chi connectivity index (χ3n) is 0.328. The third kappa shape index (κ3) is 2.56. The van der Waals surface area contributed by atoms with Crippen LogP contribution in [0.3, 0.4) is 0 Å². The molecule has 0 unspecified atom stereocenters. The Balaban J connectivity index is 3.72. The maximum atomic E-state index is 11.3. The van der Waals surface area contributed by atoms with Crippen LogP contribution in [-0.4, -0.2) is 6.26 Å². The largest absolute Gasteiger partial charge is 0.312 e. The van der Waals surface area contributed by atoms with E-state index in [1.54, 1.807) is 0 Å². The van der Waals surface area contributed by atoms with E-state index in [1.165, 1.54) is 6.26 Å². The van der Waals surface area contributed by atoms with Crippen molar-refractivity contribution in [1.82, 2.24) is 0 Å². The molecule has 0 fully saturated rings. The van der Waals surface area contributed by atoms with Gasteiger partial charge >= 0.3 is 6.08 Å². The topological polar surface area (TPSA) is 0 Å². The highest BCUT2D eigenvalue weighted by molar-refractivity contribution is 8.02. The van der Waals surface area contributed by atoms with E-state index in [2.05, 4.69) is 0 Å². The highest BCUT2D eigenvalue weighted by Crippen LogP contribution is 2.18. The summed E-state index contributed by atoms with van der Waals surface area (Å²) in [6.45, 7) is 0. The molecule has 0 saturated carbocycles. The van der Waals surface area contributed by atoms with Crippen LogP contribution in [0.4, 0.5) is 13.2 Å². The lowest BCUT2D eigenvalue weighted by Crippen LogP contribution is -1.61. The van der Waals surface area contributed by atoms with Gasteiger partial charge in [0.05, 0.1) is 0 Å². The molecule has 7 heavy (non-hydrogen) atoms. The molecule has 42 valence electrons. The van der Waals surface area contributed by atoms with Crippen molar-refractivity contribution in [2.45, 2.75) is 0 Å². The maximum absolute atomic E-state index is 11.3. The van der Waals surface area contributed by atoms with Gasteiger partial charge in [-0.2, -0.15) is 13.2 Å². The minimum absolute atomic E-state index is 0.396. The first-order chi connectivity index (χ1) is 3.18. The van der Waals surface area contributed by atoms with Crippen molar-refractivity contribution in [1.29, 1.82) is 0 Å². The molecule has 4 heteroatoms. The van der Waals surface area contributed by atoms with Gasteiger partial charge in [-0.15, -0.1) is 0 Å². The lowest BCUT2D eigenvalue weighted by molar-refractivity contribution is 0.395. The summed E-state index contributed by atoms with van der Waals surface area (Å²) in [6, 6.07) is 0. The van der Waals surface area contributed by atoms with Gasteiger partial charge in [-0.1, -0.05) is 11.8 Å². The van der Waals surface area contributed by atoms with E-state index in [0.717, 1.165) is 0 Å². The van der Waals surface area contributed by atoms with E-state index >= 15 is 0 Å². The molecule has 0 N–H and O–H groups in total. The Morgan fingerprint density at radius 3 is 1.71 bits per heavy atom. The summed E-state index contributed by atoms with van der Waals surface area (Å²) in [5.41, 5.74) is 0. The summed E-state index contributed by atoms with van der Waals surface area (Å²) < 4.78 is 33.2. The second kappa shape index (κ2) is 2.96. The summed E-state index contributed by atoms with van der Waals surface area (Å²) >= 11 is 0.396. The second-order valence-electron chi connectivity index (χ2n) is 0.738. The van der Waals surface area contributed by atoms with Crippen molar-refractivity contribution >= 4 is 11.8 Å². The van der Waals surface area contributed by atoms with Gasteiger partial charge in [0.2, 0.25) is 5.16 Å². The molecule has 0 aliphatic rings. The predicted octanol–water partition coefficient (Wildman–Crippen LogP) is 2.38. The van der Waals surface area contributed by atoms with Crippen molar-refractivity contribution < 1.29 is 13.2 Å². The number of rotatable bonds is 1. The molecule has 0 aliphatic heterocycles. The Morgan fingerprint density at radius 1 is 1.29 bits per heavy atom. The Kier molecular flexibility index (Phi) is 2.91. The average molecular weight is 128 g/mol. The van der Waals surface area contributed by atoms with Crippen LogP contribution in [0.1, 0.15) is 0 Å². The number of halogens is 3. The minimum Gasteiger partial charge on any atom is -0.193 e. The molecule has 0 radical (unpaired) electrons. The molecular formula is C3H3F3S. The van der Waals surface area contributed by atoms with Crippen LogP contribution in [0.5, 0.6) is 0 Å². The first-order valence-electron chi connectivity index (χ1n) is 1.43. The summed E-state index contributed by atoms with van der Waals surface area (Å²) in [7, 11) is 0. The van der Waals surface area contributed by atoms with Crippen LogP contribution < -0.4 is 0 Å². The van der Waals surface area contributed by atoms with Crippen LogP contribution in [0.2, 0.25) is 0 Å². The molecule has 0 heterocycles. The van der Waals surface area contributed by atoms with E-state index in [-0.39, 0.29) is 0 Å². The van der Waals surface area contributed by atoms with E-state index in [4.69, 9.17) is 0 Å². The second-order valence-corrected chi connectivity index (χ2v) is 1.50. The zero-order valence-electron chi connectivity index (χ0n) is 3.54. The van der Waals surface area contributed by atoms with Crippen LogP contribution >= 0.6 is 11.8 Å². The maximum Gasteiger partial charge on any atom is 0.312 e. The molecule has 0 nitrogen and oxygen atoms in total. The fourth-order valence-corrected chi connectivity index (χ4v) is 0.231. The third-order valence-corrected chi connectivity index (χ3v) is 0.841. The molecule has 0 bridgehead atoms. The molecule has 0 spiro atoms. The lowest BCUT2D eigenvalue weighted by Gasteiger charge is -1.81. The molecule has 0 aromatic rings. The van der Waals surface area contributed by atoms with Gasteiger partial charge < -0.3 is 0 Å². The van der Waals surface area contributed by atoms with Gasteiger partial charge in [0.1, 0.15) is 0 Å². The number of thioether (sulfide) groups is 1. The van der Waals surface area contributed by atoms with Crippen LogP contribution in [-0.2, 0) is 0 Å². The molecule has 0 aromatic heterocycles. The van der Waals surface area contributed by atoms with E-state index in [9.17, 15) is 13.2 Å². The fraction of sp³-hybridized carbons (Fsp3) is 0.333. The van der Waals surface area contributed by atoms with Crippen molar-refractivity contribution in [2.75, 3.05) is 6.26 Å². The van der Waals surface area contributed by atoms with Crippen molar-refractivity contribution in [3.8, 4) is 0 Å². The van der Waals surface area contributed by atoms with E-state index < -0.39 is 11.2 Å². The van der Waals surface area contributed by atoms with Gasteiger partial charge in [-0.05, 0) is 6.26 Å². The summed E-state index contributed by atoms with van der Waals surface area (Å²) in [4.78, 5) is 0. The van der Waals surface area contributed by atoms with Gasteiger partial charge in [0.25, 0.3) is 0 Å². The SMILES string of the molecule is CSC(F)=C(F)F. The highest BCUT2D eigenvalue weighted by atomic mass is 32.2. The Morgan fingerprint density at radius 2 is 1.71 bits per heavy atom. The summed E-state index contributed by atoms with van der Waals surface area (Å²) in [5.74, 6) is 0. The highest BCUT2D eigenvalue weighted by Gasteiger charge is 1.99. The van der Waals surface area contributed by atoms with Crippen molar-refractivity contribution in [3.63, 3.8) is 0 Å². The number of hydrogen-bond donors (Lipinski definition) is 0. The van der Waals surface area contributed by atoms with Crippen LogP contribution in [0.25, 0.3) is 0 Å². The first-order valence-corrected chi connectivity index (χ1v) is 2.65. The normalized spacial score (nSPS) is 8.57. The molecule has 0 amide bonds. The Bertz CT molecular complexity index is 84.2. The first kappa shape index (κ1) is 6.88. The molecule has 0 rings (SSSR count). The molecular weight excluding hydrogens is 125 g/mol. The van der Waals surface area contributed by atoms with E-state index in [1.807, 2.05) is 0 Å². The van der Waals surface area contributed by atoms with E-state index in [0.29, 0.717) is 11.8 Å². The molecule has 0 saturated heterocycles. The van der Waals surface area contributed by atoms with Gasteiger partial charge in [-0.25, -0.2) is 0 Å².